The SMILES string of the molecule is I.NC(=NCCc1cccs1)NCCC(=O)N1CCN(c2ncccn2)CC1. The minimum Gasteiger partial charge on any atom is -0.370 e. The van der Waals surface area contributed by atoms with Crippen LogP contribution in [0.15, 0.2) is 41.0 Å². The van der Waals surface area contributed by atoms with Crippen molar-refractivity contribution < 1.29 is 4.79 Å². The Hall–Kier alpha value is -1.95. The van der Waals surface area contributed by atoms with Gasteiger partial charge in [0.2, 0.25) is 11.9 Å². The predicted octanol–water partition coefficient (Wildman–Crippen LogP) is 1.34. The molecule has 0 aliphatic carbocycles. The second-order valence-electron chi connectivity index (χ2n) is 6.19. The molecule has 1 aliphatic rings. The van der Waals surface area contributed by atoms with E-state index in [2.05, 4.69) is 36.6 Å². The number of carbonyl (C=O) groups is 1. The van der Waals surface area contributed by atoms with E-state index in [9.17, 15) is 4.79 Å². The van der Waals surface area contributed by atoms with Crippen LogP contribution in [-0.4, -0.2) is 66.0 Å². The normalized spacial score (nSPS) is 14.5. The van der Waals surface area contributed by atoms with Gasteiger partial charge in [0.1, 0.15) is 0 Å². The van der Waals surface area contributed by atoms with Crippen molar-refractivity contribution in [3.8, 4) is 0 Å². The maximum Gasteiger partial charge on any atom is 0.225 e. The van der Waals surface area contributed by atoms with E-state index in [4.69, 9.17) is 5.73 Å². The second-order valence-corrected chi connectivity index (χ2v) is 7.22. The number of hydrogen-bond acceptors (Lipinski definition) is 6. The summed E-state index contributed by atoms with van der Waals surface area (Å²) in [5.41, 5.74) is 5.86. The molecule has 3 N–H and O–H groups in total. The zero-order chi connectivity index (χ0) is 18.9. The molecule has 0 unspecified atom stereocenters. The van der Waals surface area contributed by atoms with E-state index >= 15 is 0 Å². The van der Waals surface area contributed by atoms with Crippen molar-refractivity contribution in [2.45, 2.75) is 12.8 Å². The molecule has 3 heterocycles. The van der Waals surface area contributed by atoms with Crippen LogP contribution in [0.5, 0.6) is 0 Å². The van der Waals surface area contributed by atoms with Gasteiger partial charge in [-0.1, -0.05) is 6.07 Å². The Morgan fingerprint density at radius 1 is 1.21 bits per heavy atom. The van der Waals surface area contributed by atoms with E-state index in [1.165, 1.54) is 4.88 Å². The predicted molar refractivity (Wildman–Crippen MR) is 123 cm³/mol. The summed E-state index contributed by atoms with van der Waals surface area (Å²) >= 11 is 1.72. The number of rotatable bonds is 7. The third-order valence-electron chi connectivity index (χ3n) is 4.33. The molecular formula is C18H26IN7OS. The monoisotopic (exact) mass is 515 g/mol. The highest BCUT2D eigenvalue weighted by Crippen LogP contribution is 2.10. The zero-order valence-electron chi connectivity index (χ0n) is 15.7. The lowest BCUT2D eigenvalue weighted by Gasteiger charge is -2.34. The van der Waals surface area contributed by atoms with E-state index in [0.717, 1.165) is 25.5 Å². The van der Waals surface area contributed by atoms with E-state index in [1.54, 1.807) is 29.8 Å². The minimum atomic E-state index is 0. The molecule has 1 saturated heterocycles. The van der Waals surface area contributed by atoms with Crippen LogP contribution in [-0.2, 0) is 11.2 Å². The van der Waals surface area contributed by atoms with Gasteiger partial charge in [-0.3, -0.25) is 9.79 Å². The number of hydrogen-bond donors (Lipinski definition) is 2. The van der Waals surface area contributed by atoms with E-state index < -0.39 is 0 Å². The number of nitrogens with two attached hydrogens (primary N) is 1. The fourth-order valence-electron chi connectivity index (χ4n) is 2.86. The van der Waals surface area contributed by atoms with Gasteiger partial charge in [-0.05, 0) is 17.5 Å². The van der Waals surface area contributed by atoms with E-state index in [-0.39, 0.29) is 29.9 Å². The van der Waals surface area contributed by atoms with Crippen molar-refractivity contribution >= 4 is 53.1 Å². The molecule has 10 heteroatoms. The molecule has 0 spiro atoms. The lowest BCUT2D eigenvalue weighted by Crippen LogP contribution is -2.49. The fraction of sp³-hybridized carbons (Fsp3) is 0.444. The molecule has 3 rings (SSSR count). The molecule has 0 bridgehead atoms. The van der Waals surface area contributed by atoms with Crippen LogP contribution < -0.4 is 16.0 Å². The lowest BCUT2D eigenvalue weighted by atomic mass is 10.3. The van der Waals surface area contributed by atoms with Gasteiger partial charge < -0.3 is 20.9 Å². The van der Waals surface area contributed by atoms with Crippen molar-refractivity contribution in [1.82, 2.24) is 20.2 Å². The molecule has 0 aromatic carbocycles. The van der Waals surface area contributed by atoms with Crippen LogP contribution in [0.3, 0.4) is 0 Å². The topological polar surface area (TPSA) is 99.7 Å². The number of anilines is 1. The highest BCUT2D eigenvalue weighted by Gasteiger charge is 2.21. The van der Waals surface area contributed by atoms with Gasteiger partial charge in [0.15, 0.2) is 5.96 Å². The standard InChI is InChI=1S/C18H25N7OS.HI/c19-17(20-8-4-15-3-1-14-27-15)21-9-5-16(26)24-10-12-25(13-11-24)18-22-6-2-7-23-18;/h1-3,6-7,14H,4-5,8-13H2,(H3,19,20,21);1H. The number of nitrogens with zero attached hydrogens (tertiary/aromatic N) is 5. The summed E-state index contributed by atoms with van der Waals surface area (Å²) in [7, 11) is 0. The Morgan fingerprint density at radius 3 is 2.64 bits per heavy atom. The van der Waals surface area contributed by atoms with Gasteiger partial charge in [-0.15, -0.1) is 35.3 Å². The van der Waals surface area contributed by atoms with Gasteiger partial charge in [0.05, 0.1) is 0 Å². The molecule has 152 valence electrons. The summed E-state index contributed by atoms with van der Waals surface area (Å²) in [6.45, 7) is 4.00. The van der Waals surface area contributed by atoms with E-state index in [1.807, 2.05) is 11.0 Å². The van der Waals surface area contributed by atoms with Crippen LogP contribution in [0.25, 0.3) is 0 Å². The van der Waals surface area contributed by atoms with Gasteiger partial charge >= 0.3 is 0 Å². The van der Waals surface area contributed by atoms with Crippen LogP contribution in [0, 0.1) is 0 Å². The van der Waals surface area contributed by atoms with Gasteiger partial charge in [0.25, 0.3) is 0 Å². The molecule has 8 nitrogen and oxygen atoms in total. The Morgan fingerprint density at radius 2 is 1.96 bits per heavy atom. The fourth-order valence-corrected chi connectivity index (χ4v) is 3.56. The largest absolute Gasteiger partial charge is 0.370 e. The van der Waals surface area contributed by atoms with Crippen molar-refractivity contribution in [3.05, 3.63) is 40.8 Å². The molecule has 0 saturated carbocycles. The quantitative estimate of drug-likeness (QED) is 0.328. The van der Waals surface area contributed by atoms with Crippen LogP contribution >= 0.6 is 35.3 Å². The number of guanidine groups is 1. The number of thiophene rings is 1. The van der Waals surface area contributed by atoms with Crippen molar-refractivity contribution in [2.75, 3.05) is 44.2 Å². The number of amides is 1. The Balaban J connectivity index is 0.00000280. The second kappa shape index (κ2) is 11.8. The van der Waals surface area contributed by atoms with Crippen LogP contribution in [0.2, 0.25) is 0 Å². The maximum absolute atomic E-state index is 12.3. The first-order chi connectivity index (χ1) is 13.2. The summed E-state index contributed by atoms with van der Waals surface area (Å²) < 4.78 is 0. The zero-order valence-corrected chi connectivity index (χ0v) is 18.8. The molecule has 28 heavy (non-hydrogen) atoms. The summed E-state index contributed by atoms with van der Waals surface area (Å²) in [5.74, 6) is 1.24. The molecule has 0 atom stereocenters. The Labute approximate surface area is 186 Å². The lowest BCUT2D eigenvalue weighted by molar-refractivity contribution is -0.131. The minimum absolute atomic E-state index is 0. The van der Waals surface area contributed by atoms with Crippen molar-refractivity contribution in [2.24, 2.45) is 10.7 Å². The first-order valence-electron chi connectivity index (χ1n) is 9.08. The molecular weight excluding hydrogens is 489 g/mol. The maximum atomic E-state index is 12.3. The first kappa shape index (κ1) is 22.3. The molecule has 2 aromatic heterocycles. The molecule has 2 aromatic rings. The first-order valence-corrected chi connectivity index (χ1v) is 9.96. The smallest absolute Gasteiger partial charge is 0.225 e. The Bertz CT molecular complexity index is 734. The number of halogens is 1. The molecule has 1 fully saturated rings. The average Bonchev–Trinajstić information content (AvgIpc) is 3.22. The highest BCUT2D eigenvalue weighted by atomic mass is 127. The third kappa shape index (κ3) is 6.89. The third-order valence-corrected chi connectivity index (χ3v) is 5.27. The van der Waals surface area contributed by atoms with Gasteiger partial charge in [0, 0.05) is 69.4 Å². The number of piperazine rings is 1. The van der Waals surface area contributed by atoms with Crippen LogP contribution in [0.4, 0.5) is 5.95 Å². The summed E-state index contributed by atoms with van der Waals surface area (Å²) in [6, 6.07) is 5.92. The summed E-state index contributed by atoms with van der Waals surface area (Å²) in [5, 5.41) is 5.08. The average molecular weight is 515 g/mol. The van der Waals surface area contributed by atoms with Gasteiger partial charge in [-0.2, -0.15) is 0 Å². The Kier molecular flexibility index (Phi) is 9.41. The van der Waals surface area contributed by atoms with Gasteiger partial charge in [-0.25, -0.2) is 9.97 Å². The summed E-state index contributed by atoms with van der Waals surface area (Å²) in [6.07, 6.45) is 4.76. The number of nitrogens with one attached hydrogen (secondary N) is 1. The van der Waals surface area contributed by atoms with Crippen molar-refractivity contribution in [3.63, 3.8) is 0 Å². The highest BCUT2D eigenvalue weighted by molar-refractivity contribution is 14.0. The number of aliphatic imine (C=N–C) groups is 1. The summed E-state index contributed by atoms with van der Waals surface area (Å²) in [4.78, 5) is 30.4. The van der Waals surface area contributed by atoms with Crippen molar-refractivity contribution in [1.29, 1.82) is 0 Å². The van der Waals surface area contributed by atoms with Crippen LogP contribution in [0.1, 0.15) is 11.3 Å². The number of carbonyl (C=O) groups excluding carboxylic acids is 1. The molecule has 0 radical (unpaired) electrons. The number of aromatic nitrogens is 2. The van der Waals surface area contributed by atoms with E-state index in [0.29, 0.717) is 38.6 Å². The molecule has 1 amide bonds. The molecule has 1 aliphatic heterocycles.